The number of amides is 2. The van der Waals surface area contributed by atoms with Crippen LogP contribution < -0.4 is 10.1 Å². The lowest BCUT2D eigenvalue weighted by Gasteiger charge is -2.23. The molecule has 7 nitrogen and oxygen atoms in total. The summed E-state index contributed by atoms with van der Waals surface area (Å²) in [5, 5.41) is 2.96. The van der Waals surface area contributed by atoms with Crippen LogP contribution in [0.5, 0.6) is 5.75 Å². The number of hydrogen-bond acceptors (Lipinski definition) is 4. The maximum absolute atomic E-state index is 13.1. The zero-order valence-corrected chi connectivity index (χ0v) is 20.7. The average molecular weight is 475 g/mol. The standard InChI is InChI=1S/C28H34N4O3/c1-4-35-24-12-8-11-23(16-24)32-18-25(22-9-6-5-7-10-22)29-28(32)30-26(33)19-31(17-21-13-14-21)27(34)15-20(2)3/h5-12,16,18,20-21H,4,13-15,17,19H2,1-3H3,(H,29,30,33). The molecule has 1 saturated carbocycles. The van der Waals surface area contributed by atoms with Crippen molar-refractivity contribution in [3.05, 3.63) is 60.8 Å². The average Bonchev–Trinajstić information content (AvgIpc) is 3.56. The summed E-state index contributed by atoms with van der Waals surface area (Å²) in [4.78, 5) is 32.4. The van der Waals surface area contributed by atoms with Crippen molar-refractivity contribution in [3.8, 4) is 22.7 Å². The van der Waals surface area contributed by atoms with E-state index >= 15 is 0 Å². The Morgan fingerprint density at radius 1 is 1.14 bits per heavy atom. The molecule has 35 heavy (non-hydrogen) atoms. The third-order valence-electron chi connectivity index (χ3n) is 5.88. The maximum Gasteiger partial charge on any atom is 0.246 e. The third-order valence-corrected chi connectivity index (χ3v) is 5.88. The van der Waals surface area contributed by atoms with Gasteiger partial charge in [0.2, 0.25) is 17.8 Å². The van der Waals surface area contributed by atoms with Crippen molar-refractivity contribution in [1.29, 1.82) is 0 Å². The summed E-state index contributed by atoms with van der Waals surface area (Å²) in [7, 11) is 0. The first-order valence-corrected chi connectivity index (χ1v) is 12.4. The van der Waals surface area contributed by atoms with Gasteiger partial charge in [-0.05, 0) is 43.7 Å². The van der Waals surface area contributed by atoms with Crippen LogP contribution in [0.1, 0.15) is 40.0 Å². The van der Waals surface area contributed by atoms with Crippen LogP contribution >= 0.6 is 0 Å². The van der Waals surface area contributed by atoms with Gasteiger partial charge in [0, 0.05) is 30.8 Å². The number of carbonyl (C=O) groups is 2. The Bertz CT molecular complexity index is 1150. The summed E-state index contributed by atoms with van der Waals surface area (Å²) in [6, 6.07) is 17.5. The zero-order chi connectivity index (χ0) is 24.8. The van der Waals surface area contributed by atoms with Crippen LogP contribution in [0.15, 0.2) is 60.8 Å². The van der Waals surface area contributed by atoms with Crippen molar-refractivity contribution in [3.63, 3.8) is 0 Å². The Kier molecular flexibility index (Phi) is 7.85. The first kappa shape index (κ1) is 24.5. The molecule has 0 spiro atoms. The number of hydrogen-bond donors (Lipinski definition) is 1. The predicted molar refractivity (Wildman–Crippen MR) is 138 cm³/mol. The maximum atomic E-state index is 13.1. The van der Waals surface area contributed by atoms with Gasteiger partial charge in [-0.3, -0.25) is 19.5 Å². The molecule has 1 heterocycles. The van der Waals surface area contributed by atoms with Gasteiger partial charge in [0.15, 0.2) is 0 Å². The number of imidazole rings is 1. The van der Waals surface area contributed by atoms with Gasteiger partial charge >= 0.3 is 0 Å². The molecule has 1 N–H and O–H groups in total. The minimum Gasteiger partial charge on any atom is -0.494 e. The van der Waals surface area contributed by atoms with E-state index in [0.29, 0.717) is 31.4 Å². The van der Waals surface area contributed by atoms with E-state index in [1.54, 1.807) is 4.90 Å². The molecule has 0 radical (unpaired) electrons. The summed E-state index contributed by atoms with van der Waals surface area (Å²) in [6.45, 7) is 7.20. The summed E-state index contributed by atoms with van der Waals surface area (Å²) >= 11 is 0. The van der Waals surface area contributed by atoms with E-state index in [0.717, 1.165) is 35.5 Å². The molecule has 7 heteroatoms. The summed E-state index contributed by atoms with van der Waals surface area (Å²) < 4.78 is 7.52. The van der Waals surface area contributed by atoms with E-state index < -0.39 is 0 Å². The second-order valence-electron chi connectivity index (χ2n) is 9.48. The van der Waals surface area contributed by atoms with Crippen LogP contribution in [0.25, 0.3) is 16.9 Å². The molecule has 2 amide bonds. The minimum atomic E-state index is -0.254. The molecule has 3 aromatic rings. The van der Waals surface area contributed by atoms with Crippen LogP contribution in [-0.2, 0) is 9.59 Å². The van der Waals surface area contributed by atoms with Crippen molar-refractivity contribution < 1.29 is 14.3 Å². The predicted octanol–water partition coefficient (Wildman–Crippen LogP) is 5.16. The molecular weight excluding hydrogens is 440 g/mol. The van der Waals surface area contributed by atoms with E-state index in [1.807, 2.05) is 86.1 Å². The van der Waals surface area contributed by atoms with E-state index in [-0.39, 0.29) is 24.3 Å². The fourth-order valence-corrected chi connectivity index (χ4v) is 3.99. The highest BCUT2D eigenvalue weighted by molar-refractivity contribution is 5.94. The van der Waals surface area contributed by atoms with Crippen molar-refractivity contribution in [2.24, 2.45) is 11.8 Å². The molecule has 0 saturated heterocycles. The van der Waals surface area contributed by atoms with Gasteiger partial charge in [0.05, 0.1) is 24.5 Å². The first-order valence-electron chi connectivity index (χ1n) is 12.4. The number of anilines is 1. The quantitative estimate of drug-likeness (QED) is 0.416. The highest BCUT2D eigenvalue weighted by Gasteiger charge is 2.28. The van der Waals surface area contributed by atoms with Crippen molar-refractivity contribution in [2.45, 2.75) is 40.0 Å². The van der Waals surface area contributed by atoms with Gasteiger partial charge < -0.3 is 9.64 Å². The lowest BCUT2D eigenvalue weighted by Crippen LogP contribution is -2.40. The molecule has 1 aliphatic carbocycles. The Hall–Kier alpha value is -3.61. The van der Waals surface area contributed by atoms with E-state index in [4.69, 9.17) is 9.72 Å². The molecule has 0 unspecified atom stereocenters. The van der Waals surface area contributed by atoms with Crippen molar-refractivity contribution >= 4 is 17.8 Å². The molecular formula is C28H34N4O3. The van der Waals surface area contributed by atoms with Crippen LogP contribution in [0.2, 0.25) is 0 Å². The van der Waals surface area contributed by atoms with Crippen molar-refractivity contribution in [2.75, 3.05) is 25.0 Å². The monoisotopic (exact) mass is 474 g/mol. The van der Waals surface area contributed by atoms with Gasteiger partial charge in [0.1, 0.15) is 5.75 Å². The minimum absolute atomic E-state index is 0.0224. The Labute approximate surface area is 207 Å². The number of carbonyl (C=O) groups excluding carboxylic acids is 2. The Morgan fingerprint density at radius 3 is 2.60 bits per heavy atom. The van der Waals surface area contributed by atoms with Gasteiger partial charge in [-0.1, -0.05) is 50.2 Å². The lowest BCUT2D eigenvalue weighted by molar-refractivity contribution is -0.135. The van der Waals surface area contributed by atoms with Gasteiger partial charge in [-0.15, -0.1) is 0 Å². The SMILES string of the molecule is CCOc1cccc(-n2cc(-c3ccccc3)nc2NC(=O)CN(CC2CC2)C(=O)CC(C)C)c1. The van der Waals surface area contributed by atoms with Crippen LogP contribution in [0, 0.1) is 11.8 Å². The molecule has 0 atom stereocenters. The number of benzene rings is 2. The van der Waals surface area contributed by atoms with E-state index in [9.17, 15) is 9.59 Å². The zero-order valence-electron chi connectivity index (χ0n) is 20.7. The number of nitrogens with zero attached hydrogens (tertiary/aromatic N) is 3. The molecule has 0 bridgehead atoms. The second-order valence-corrected chi connectivity index (χ2v) is 9.48. The molecule has 1 fully saturated rings. The van der Waals surface area contributed by atoms with Gasteiger partial charge in [-0.25, -0.2) is 4.98 Å². The second kappa shape index (κ2) is 11.2. The number of aromatic nitrogens is 2. The lowest BCUT2D eigenvalue weighted by atomic mass is 10.1. The number of nitrogens with one attached hydrogen (secondary N) is 1. The Balaban J connectivity index is 1.59. The van der Waals surface area contributed by atoms with Crippen LogP contribution in [0.3, 0.4) is 0 Å². The molecule has 2 aromatic carbocycles. The first-order chi connectivity index (χ1) is 16.9. The van der Waals surface area contributed by atoms with Crippen LogP contribution in [-0.4, -0.2) is 46.0 Å². The highest BCUT2D eigenvalue weighted by Crippen LogP contribution is 2.30. The molecule has 0 aliphatic heterocycles. The number of ether oxygens (including phenoxy) is 1. The normalized spacial score (nSPS) is 13.0. The van der Waals surface area contributed by atoms with Gasteiger partial charge in [-0.2, -0.15) is 0 Å². The van der Waals surface area contributed by atoms with Crippen molar-refractivity contribution in [1.82, 2.24) is 14.5 Å². The summed E-state index contributed by atoms with van der Waals surface area (Å²) in [6.07, 6.45) is 4.58. The fraction of sp³-hybridized carbons (Fsp3) is 0.393. The van der Waals surface area contributed by atoms with Gasteiger partial charge in [0.25, 0.3) is 0 Å². The summed E-state index contributed by atoms with van der Waals surface area (Å²) in [5.74, 6) is 1.68. The largest absolute Gasteiger partial charge is 0.494 e. The molecule has 1 aromatic heterocycles. The smallest absolute Gasteiger partial charge is 0.246 e. The molecule has 4 rings (SSSR count). The topological polar surface area (TPSA) is 76.5 Å². The molecule has 1 aliphatic rings. The Morgan fingerprint density at radius 2 is 1.91 bits per heavy atom. The number of rotatable bonds is 11. The van der Waals surface area contributed by atoms with E-state index in [2.05, 4.69) is 5.32 Å². The van der Waals surface area contributed by atoms with Crippen LogP contribution in [0.4, 0.5) is 5.95 Å². The molecule has 184 valence electrons. The summed E-state index contributed by atoms with van der Waals surface area (Å²) in [5.41, 5.74) is 2.52. The van der Waals surface area contributed by atoms with E-state index in [1.165, 1.54) is 0 Å². The highest BCUT2D eigenvalue weighted by atomic mass is 16.5. The fourth-order valence-electron chi connectivity index (χ4n) is 3.99. The third kappa shape index (κ3) is 6.72.